The highest BCUT2D eigenvalue weighted by atomic mass is 35.5. The van der Waals surface area contributed by atoms with Crippen molar-refractivity contribution in [2.45, 2.75) is 0 Å². The molecule has 0 atom stereocenters. The molecule has 0 heterocycles. The van der Waals surface area contributed by atoms with Gasteiger partial charge >= 0.3 is 5.97 Å². The van der Waals surface area contributed by atoms with E-state index in [9.17, 15) is 9.59 Å². The second kappa shape index (κ2) is 9.15. The number of carbonyl (C=O) groups is 2. The fourth-order valence-corrected chi connectivity index (χ4v) is 2.34. The second-order valence-electron chi connectivity index (χ2n) is 4.75. The number of hydrogen-bond donors (Lipinski definition) is 1. The van der Waals surface area contributed by atoms with Gasteiger partial charge < -0.3 is 14.8 Å². The van der Waals surface area contributed by atoms with E-state index in [1.807, 2.05) is 30.3 Å². The van der Waals surface area contributed by atoms with Crippen LogP contribution >= 0.6 is 23.2 Å². The first kappa shape index (κ1) is 18.1. The number of carbonyl (C=O) groups excluding carboxylic acids is 2. The number of nitrogens with one attached hydrogen (secondary N) is 1. The minimum Gasteiger partial charge on any atom is -0.492 e. The first-order chi connectivity index (χ1) is 11.5. The molecule has 1 N–H and O–H groups in total. The molecule has 0 aliphatic carbocycles. The van der Waals surface area contributed by atoms with E-state index in [0.29, 0.717) is 23.2 Å². The Balaban J connectivity index is 1.68. The summed E-state index contributed by atoms with van der Waals surface area (Å²) in [6, 6.07) is 13.6. The van der Waals surface area contributed by atoms with Crippen LogP contribution in [0.25, 0.3) is 0 Å². The Kier molecular flexibility index (Phi) is 6.90. The van der Waals surface area contributed by atoms with Crippen molar-refractivity contribution in [2.75, 3.05) is 19.8 Å². The van der Waals surface area contributed by atoms with E-state index in [0.717, 1.165) is 5.75 Å². The van der Waals surface area contributed by atoms with Gasteiger partial charge in [0.2, 0.25) is 0 Å². The Morgan fingerprint density at radius 1 is 1.00 bits per heavy atom. The van der Waals surface area contributed by atoms with Crippen LogP contribution in [0.4, 0.5) is 0 Å². The van der Waals surface area contributed by atoms with Crippen LogP contribution in [0.3, 0.4) is 0 Å². The van der Waals surface area contributed by atoms with Crippen molar-refractivity contribution in [2.24, 2.45) is 0 Å². The summed E-state index contributed by atoms with van der Waals surface area (Å²) in [5, 5.41) is 3.22. The lowest BCUT2D eigenvalue weighted by Crippen LogP contribution is -2.32. The third-order valence-electron chi connectivity index (χ3n) is 2.87. The molecule has 5 nitrogen and oxygen atoms in total. The SMILES string of the molecule is O=C(COC(=O)c1cc(Cl)cc(Cl)c1)NCCOc1ccccc1. The number of benzene rings is 2. The van der Waals surface area contributed by atoms with Crippen LogP contribution in [0.1, 0.15) is 10.4 Å². The van der Waals surface area contributed by atoms with Gasteiger partial charge in [0.05, 0.1) is 12.1 Å². The maximum atomic E-state index is 11.8. The molecule has 0 spiro atoms. The molecule has 0 radical (unpaired) electrons. The lowest BCUT2D eigenvalue weighted by molar-refractivity contribution is -0.124. The molecule has 2 aromatic rings. The Labute approximate surface area is 149 Å². The summed E-state index contributed by atoms with van der Waals surface area (Å²) in [5.74, 6) is -0.376. The molecule has 0 unspecified atom stereocenters. The van der Waals surface area contributed by atoms with Crippen LogP contribution in [0, 0.1) is 0 Å². The highest BCUT2D eigenvalue weighted by Gasteiger charge is 2.11. The molecule has 7 heteroatoms. The van der Waals surface area contributed by atoms with Crippen molar-refractivity contribution < 1.29 is 19.1 Å². The number of amides is 1. The van der Waals surface area contributed by atoms with E-state index in [-0.39, 0.29) is 5.56 Å². The smallest absolute Gasteiger partial charge is 0.338 e. The summed E-state index contributed by atoms with van der Waals surface area (Å²) in [7, 11) is 0. The van der Waals surface area contributed by atoms with Crippen molar-refractivity contribution in [3.8, 4) is 5.75 Å². The second-order valence-corrected chi connectivity index (χ2v) is 5.62. The number of ether oxygens (including phenoxy) is 2. The Morgan fingerprint density at radius 3 is 2.33 bits per heavy atom. The third kappa shape index (κ3) is 6.10. The van der Waals surface area contributed by atoms with Crippen LogP contribution in [0.5, 0.6) is 5.75 Å². The monoisotopic (exact) mass is 367 g/mol. The molecule has 0 aromatic heterocycles. The summed E-state index contributed by atoms with van der Waals surface area (Å²) >= 11 is 11.6. The molecule has 0 aliphatic rings. The molecular formula is C17H15Cl2NO4. The fraction of sp³-hybridized carbons (Fsp3) is 0.176. The molecule has 126 valence electrons. The Hall–Kier alpha value is -2.24. The molecule has 0 saturated heterocycles. The predicted molar refractivity (Wildman–Crippen MR) is 91.7 cm³/mol. The number of esters is 1. The van der Waals surface area contributed by atoms with Crippen LogP contribution in [-0.2, 0) is 9.53 Å². The van der Waals surface area contributed by atoms with E-state index >= 15 is 0 Å². The maximum absolute atomic E-state index is 11.8. The van der Waals surface area contributed by atoms with Gasteiger partial charge in [-0.25, -0.2) is 4.79 Å². The normalized spacial score (nSPS) is 10.1. The summed E-state index contributed by atoms with van der Waals surface area (Å²) in [4.78, 5) is 23.5. The van der Waals surface area contributed by atoms with Gasteiger partial charge in [0.25, 0.3) is 5.91 Å². The Morgan fingerprint density at radius 2 is 1.67 bits per heavy atom. The van der Waals surface area contributed by atoms with Gasteiger partial charge in [-0.05, 0) is 30.3 Å². The Bertz CT molecular complexity index is 687. The lowest BCUT2D eigenvalue weighted by atomic mass is 10.2. The van der Waals surface area contributed by atoms with E-state index in [1.165, 1.54) is 18.2 Å². The summed E-state index contributed by atoms with van der Waals surface area (Å²) in [6.07, 6.45) is 0. The van der Waals surface area contributed by atoms with Gasteiger partial charge in [0.1, 0.15) is 12.4 Å². The molecule has 0 saturated carbocycles. The van der Waals surface area contributed by atoms with E-state index < -0.39 is 18.5 Å². The van der Waals surface area contributed by atoms with Crippen molar-refractivity contribution >= 4 is 35.1 Å². The topological polar surface area (TPSA) is 64.6 Å². The number of halogens is 2. The molecule has 0 fully saturated rings. The zero-order valence-corrected chi connectivity index (χ0v) is 14.1. The maximum Gasteiger partial charge on any atom is 0.338 e. The number of rotatable bonds is 7. The fourth-order valence-electron chi connectivity index (χ4n) is 1.81. The van der Waals surface area contributed by atoms with Crippen LogP contribution in [0.15, 0.2) is 48.5 Å². The van der Waals surface area contributed by atoms with Crippen molar-refractivity contribution in [1.29, 1.82) is 0 Å². The third-order valence-corrected chi connectivity index (χ3v) is 3.31. The molecule has 0 aliphatic heterocycles. The van der Waals surface area contributed by atoms with Crippen LogP contribution < -0.4 is 10.1 Å². The molecule has 0 bridgehead atoms. The quantitative estimate of drug-likeness (QED) is 0.601. The lowest BCUT2D eigenvalue weighted by Gasteiger charge is -2.08. The molecule has 24 heavy (non-hydrogen) atoms. The molecule has 2 rings (SSSR count). The molecular weight excluding hydrogens is 353 g/mol. The van der Waals surface area contributed by atoms with Gasteiger partial charge in [-0.1, -0.05) is 41.4 Å². The highest BCUT2D eigenvalue weighted by Crippen LogP contribution is 2.19. The zero-order valence-electron chi connectivity index (χ0n) is 12.6. The van der Waals surface area contributed by atoms with E-state index in [2.05, 4.69) is 5.32 Å². The van der Waals surface area contributed by atoms with E-state index in [1.54, 1.807) is 0 Å². The highest BCUT2D eigenvalue weighted by molar-refractivity contribution is 6.35. The zero-order chi connectivity index (χ0) is 17.4. The van der Waals surface area contributed by atoms with Gasteiger partial charge in [-0.15, -0.1) is 0 Å². The molecule has 2 aromatic carbocycles. The van der Waals surface area contributed by atoms with Crippen LogP contribution in [0.2, 0.25) is 10.0 Å². The molecule has 1 amide bonds. The summed E-state index contributed by atoms with van der Waals surface area (Å²) in [5.41, 5.74) is 0.188. The first-order valence-corrected chi connectivity index (χ1v) is 7.88. The van der Waals surface area contributed by atoms with Gasteiger partial charge in [0, 0.05) is 10.0 Å². The van der Waals surface area contributed by atoms with E-state index in [4.69, 9.17) is 32.7 Å². The minimum atomic E-state index is -0.671. The van der Waals surface area contributed by atoms with Crippen molar-refractivity contribution in [1.82, 2.24) is 5.32 Å². The van der Waals surface area contributed by atoms with Gasteiger partial charge in [-0.2, -0.15) is 0 Å². The largest absolute Gasteiger partial charge is 0.492 e. The average Bonchev–Trinajstić information content (AvgIpc) is 2.56. The van der Waals surface area contributed by atoms with Crippen molar-refractivity contribution in [3.05, 3.63) is 64.1 Å². The average molecular weight is 368 g/mol. The standard InChI is InChI=1S/C17H15Cl2NO4/c18-13-8-12(9-14(19)10-13)17(22)24-11-16(21)20-6-7-23-15-4-2-1-3-5-15/h1-5,8-10H,6-7,11H2,(H,20,21). The first-order valence-electron chi connectivity index (χ1n) is 7.12. The number of hydrogen-bond acceptors (Lipinski definition) is 4. The van der Waals surface area contributed by atoms with Crippen LogP contribution in [-0.4, -0.2) is 31.6 Å². The van der Waals surface area contributed by atoms with Crippen molar-refractivity contribution in [3.63, 3.8) is 0 Å². The summed E-state index contributed by atoms with van der Waals surface area (Å²) < 4.78 is 10.3. The van der Waals surface area contributed by atoms with Gasteiger partial charge in [0.15, 0.2) is 6.61 Å². The number of para-hydroxylation sites is 1. The predicted octanol–water partition coefficient (Wildman–Crippen LogP) is 3.35. The van der Waals surface area contributed by atoms with Gasteiger partial charge in [-0.3, -0.25) is 4.79 Å². The summed E-state index contributed by atoms with van der Waals surface area (Å²) in [6.45, 7) is 0.218. The minimum absolute atomic E-state index is 0.188.